The third kappa shape index (κ3) is 5.77. The lowest BCUT2D eigenvalue weighted by Gasteiger charge is -2.12. The number of nitrogen functional groups attached to an aromatic ring is 1. The predicted octanol–water partition coefficient (Wildman–Crippen LogP) is 1.12. The lowest BCUT2D eigenvalue weighted by molar-refractivity contribution is 0.0911. The van der Waals surface area contributed by atoms with Crippen molar-refractivity contribution < 1.29 is 17.9 Å². The fraction of sp³-hybridized carbons (Fsp3) is 0.538. The summed E-state index contributed by atoms with van der Waals surface area (Å²) in [4.78, 5) is 0. The predicted molar refractivity (Wildman–Crippen MR) is 79.1 cm³/mol. The Morgan fingerprint density at radius 3 is 2.65 bits per heavy atom. The molecule has 0 saturated heterocycles. The fourth-order valence-corrected chi connectivity index (χ4v) is 2.43. The lowest BCUT2D eigenvalue weighted by Crippen LogP contribution is -2.28. The minimum Gasteiger partial charge on any atom is -0.496 e. The van der Waals surface area contributed by atoms with Crippen LogP contribution in [-0.2, 0) is 21.3 Å². The van der Waals surface area contributed by atoms with Crippen LogP contribution in [0.2, 0.25) is 0 Å². The number of hydrogen-bond donors (Lipinski definition) is 2. The molecule has 0 aliphatic carbocycles. The zero-order valence-corrected chi connectivity index (χ0v) is 12.9. The first kappa shape index (κ1) is 16.7. The number of anilines is 1. The van der Waals surface area contributed by atoms with Gasteiger partial charge in [0.05, 0.1) is 25.6 Å². The number of nitrogens with one attached hydrogen (secondary N) is 1. The van der Waals surface area contributed by atoms with E-state index in [1.165, 1.54) is 7.11 Å². The van der Waals surface area contributed by atoms with Gasteiger partial charge in [0.25, 0.3) is 0 Å². The summed E-state index contributed by atoms with van der Waals surface area (Å²) in [6, 6.07) is 5.10. The van der Waals surface area contributed by atoms with E-state index in [4.69, 9.17) is 15.2 Å². The van der Waals surface area contributed by atoms with Gasteiger partial charge in [-0.2, -0.15) is 0 Å². The molecule has 0 amide bonds. The van der Waals surface area contributed by atoms with Crippen molar-refractivity contribution in [3.05, 3.63) is 23.8 Å². The summed E-state index contributed by atoms with van der Waals surface area (Å²) in [6.07, 6.45) is 0.0132. The van der Waals surface area contributed by atoms with Crippen LogP contribution in [0.4, 0.5) is 5.69 Å². The third-order valence-electron chi connectivity index (χ3n) is 2.59. The van der Waals surface area contributed by atoms with Crippen molar-refractivity contribution in [1.82, 2.24) is 4.72 Å². The highest BCUT2D eigenvalue weighted by Crippen LogP contribution is 2.20. The maximum atomic E-state index is 11.8. The number of nitrogens with two attached hydrogens (primary N) is 1. The Hall–Kier alpha value is -1.31. The van der Waals surface area contributed by atoms with E-state index in [0.29, 0.717) is 17.0 Å². The smallest absolute Gasteiger partial charge is 0.214 e. The lowest BCUT2D eigenvalue weighted by atomic mass is 10.2. The molecule has 0 aliphatic heterocycles. The summed E-state index contributed by atoms with van der Waals surface area (Å²) in [5, 5.41) is 0. The first-order valence-electron chi connectivity index (χ1n) is 6.35. The molecule has 0 aromatic heterocycles. The number of sulfonamides is 1. The highest BCUT2D eigenvalue weighted by atomic mass is 32.2. The van der Waals surface area contributed by atoms with Gasteiger partial charge in [0, 0.05) is 17.8 Å². The summed E-state index contributed by atoms with van der Waals surface area (Å²) in [5.74, 6) is 0.524. The monoisotopic (exact) mass is 302 g/mol. The molecule has 114 valence electrons. The number of hydrogen-bond acceptors (Lipinski definition) is 5. The van der Waals surface area contributed by atoms with Crippen molar-refractivity contribution in [2.75, 3.05) is 25.2 Å². The van der Waals surface area contributed by atoms with E-state index >= 15 is 0 Å². The Kier molecular flexibility index (Phi) is 6.25. The molecular weight excluding hydrogens is 280 g/mol. The molecule has 7 heteroatoms. The second-order valence-corrected chi connectivity index (χ2v) is 6.56. The second kappa shape index (κ2) is 7.47. The Morgan fingerprint density at radius 2 is 2.05 bits per heavy atom. The molecule has 20 heavy (non-hydrogen) atoms. The van der Waals surface area contributed by atoms with Crippen molar-refractivity contribution in [3.8, 4) is 5.75 Å². The molecule has 6 nitrogen and oxygen atoms in total. The summed E-state index contributed by atoms with van der Waals surface area (Å²) >= 11 is 0. The molecule has 0 fully saturated rings. The van der Waals surface area contributed by atoms with Gasteiger partial charge in [0.2, 0.25) is 10.0 Å². The number of benzene rings is 1. The quantitative estimate of drug-likeness (QED) is 0.702. The maximum Gasteiger partial charge on any atom is 0.214 e. The molecule has 3 N–H and O–H groups in total. The fourth-order valence-electron chi connectivity index (χ4n) is 1.59. The summed E-state index contributed by atoms with van der Waals surface area (Å²) < 4.78 is 36.5. The van der Waals surface area contributed by atoms with E-state index in [2.05, 4.69) is 4.72 Å². The summed E-state index contributed by atoms with van der Waals surface area (Å²) in [5.41, 5.74) is 6.94. The van der Waals surface area contributed by atoms with Crippen molar-refractivity contribution in [2.45, 2.75) is 26.5 Å². The first-order chi connectivity index (χ1) is 9.34. The molecule has 0 aliphatic rings. The topological polar surface area (TPSA) is 90.6 Å². The third-order valence-corrected chi connectivity index (χ3v) is 3.88. The average molecular weight is 302 g/mol. The molecule has 1 aromatic carbocycles. The Labute approximate surface area is 120 Å². The van der Waals surface area contributed by atoms with Crippen molar-refractivity contribution in [1.29, 1.82) is 0 Å². The largest absolute Gasteiger partial charge is 0.496 e. The van der Waals surface area contributed by atoms with Gasteiger partial charge < -0.3 is 15.2 Å². The minimum absolute atomic E-state index is 0.0132. The molecule has 0 radical (unpaired) electrons. The van der Waals surface area contributed by atoms with Gasteiger partial charge in [0.15, 0.2) is 0 Å². The second-order valence-electron chi connectivity index (χ2n) is 4.63. The molecule has 0 spiro atoms. The Balaban J connectivity index is 2.59. The van der Waals surface area contributed by atoms with E-state index in [0.717, 1.165) is 0 Å². The van der Waals surface area contributed by atoms with Gasteiger partial charge in [-0.3, -0.25) is 0 Å². The number of ether oxygens (including phenoxy) is 2. The normalized spacial score (nSPS) is 11.8. The zero-order valence-electron chi connectivity index (χ0n) is 12.0. The first-order valence-corrected chi connectivity index (χ1v) is 8.00. The zero-order chi connectivity index (χ0) is 15.2. The molecule has 1 aromatic rings. The average Bonchev–Trinajstić information content (AvgIpc) is 2.36. The molecule has 0 unspecified atom stereocenters. The van der Waals surface area contributed by atoms with E-state index in [1.807, 2.05) is 13.8 Å². The van der Waals surface area contributed by atoms with Crippen LogP contribution >= 0.6 is 0 Å². The number of methoxy groups -OCH3 is 1. The van der Waals surface area contributed by atoms with E-state index in [-0.39, 0.29) is 25.0 Å². The minimum atomic E-state index is -3.38. The van der Waals surface area contributed by atoms with Gasteiger partial charge in [-0.25, -0.2) is 13.1 Å². The van der Waals surface area contributed by atoms with Crippen LogP contribution in [0, 0.1) is 0 Å². The van der Waals surface area contributed by atoms with Crippen molar-refractivity contribution >= 4 is 15.7 Å². The highest BCUT2D eigenvalue weighted by molar-refractivity contribution is 7.89. The van der Waals surface area contributed by atoms with Gasteiger partial charge in [-0.05, 0) is 32.0 Å². The Bertz CT molecular complexity index is 529. The molecule has 1 rings (SSSR count). The van der Waals surface area contributed by atoms with Crippen LogP contribution in [0.25, 0.3) is 0 Å². The van der Waals surface area contributed by atoms with Gasteiger partial charge >= 0.3 is 0 Å². The summed E-state index contributed by atoms with van der Waals surface area (Å²) in [7, 11) is -1.86. The van der Waals surface area contributed by atoms with Crippen LogP contribution in [0.5, 0.6) is 5.75 Å². The maximum absolute atomic E-state index is 11.8. The van der Waals surface area contributed by atoms with E-state index in [1.54, 1.807) is 18.2 Å². The van der Waals surface area contributed by atoms with Crippen molar-refractivity contribution in [2.24, 2.45) is 0 Å². The van der Waals surface area contributed by atoms with Crippen LogP contribution < -0.4 is 15.2 Å². The van der Waals surface area contributed by atoms with Crippen molar-refractivity contribution in [3.63, 3.8) is 0 Å². The Morgan fingerprint density at radius 1 is 1.35 bits per heavy atom. The molecule has 0 atom stereocenters. The van der Waals surface area contributed by atoms with Crippen LogP contribution in [0.3, 0.4) is 0 Å². The molecule has 0 saturated carbocycles. The standard InChI is InChI=1S/C13H22N2O4S/c1-10(2)19-6-7-20(16,17)15-9-11-8-12(14)4-5-13(11)18-3/h4-5,8,10,15H,6-7,9,14H2,1-3H3. The van der Waals surface area contributed by atoms with Gasteiger partial charge in [0.1, 0.15) is 5.75 Å². The highest BCUT2D eigenvalue weighted by Gasteiger charge is 2.12. The number of rotatable bonds is 8. The SMILES string of the molecule is COc1ccc(N)cc1CNS(=O)(=O)CCOC(C)C. The molecular formula is C13H22N2O4S. The molecule has 0 bridgehead atoms. The van der Waals surface area contributed by atoms with Crippen LogP contribution in [0.15, 0.2) is 18.2 Å². The summed E-state index contributed by atoms with van der Waals surface area (Å²) in [6.45, 7) is 4.02. The van der Waals surface area contributed by atoms with Crippen LogP contribution in [-0.4, -0.2) is 34.0 Å². The van der Waals surface area contributed by atoms with Gasteiger partial charge in [-0.15, -0.1) is 0 Å². The van der Waals surface area contributed by atoms with E-state index in [9.17, 15) is 8.42 Å². The van der Waals surface area contributed by atoms with E-state index < -0.39 is 10.0 Å². The van der Waals surface area contributed by atoms with Crippen LogP contribution in [0.1, 0.15) is 19.4 Å². The molecule has 0 heterocycles. The van der Waals surface area contributed by atoms with Gasteiger partial charge in [-0.1, -0.05) is 0 Å².